The molecule has 2 nitrogen and oxygen atoms in total. The second-order valence-corrected chi connectivity index (χ2v) is 3.66. The van der Waals surface area contributed by atoms with Crippen LogP contribution in [0.5, 0.6) is 0 Å². The van der Waals surface area contributed by atoms with E-state index in [1.807, 2.05) is 6.92 Å². The van der Waals surface area contributed by atoms with Gasteiger partial charge in [0, 0.05) is 23.8 Å². The Morgan fingerprint density at radius 3 is 2.71 bits per heavy atom. The molecular weight excluding hydrogens is 172 g/mol. The zero-order valence-corrected chi connectivity index (χ0v) is 8.70. The number of hydrogen-bond acceptors (Lipinski definition) is 1. The van der Waals surface area contributed by atoms with Gasteiger partial charge in [0.15, 0.2) is 0 Å². The fourth-order valence-electron chi connectivity index (χ4n) is 1.96. The highest BCUT2D eigenvalue weighted by Gasteiger charge is 2.09. The number of nitrogens with two attached hydrogens (primary N) is 1. The molecule has 0 amide bonds. The molecule has 1 heterocycles. The summed E-state index contributed by atoms with van der Waals surface area (Å²) >= 11 is 0. The van der Waals surface area contributed by atoms with E-state index in [1.165, 1.54) is 16.6 Å². The summed E-state index contributed by atoms with van der Waals surface area (Å²) in [6.07, 6.45) is 0. The van der Waals surface area contributed by atoms with Crippen LogP contribution in [-0.4, -0.2) is 4.57 Å². The molecule has 1 unspecified atom stereocenters. The lowest BCUT2D eigenvalue weighted by Crippen LogP contribution is -2.11. The number of aryl methyl sites for hydroxylation is 1. The summed E-state index contributed by atoms with van der Waals surface area (Å²) in [5, 5.41) is 1.28. The van der Waals surface area contributed by atoms with E-state index in [2.05, 4.69) is 41.8 Å². The molecule has 0 aliphatic heterocycles. The maximum Gasteiger partial charge on any atom is 0.0482 e. The van der Waals surface area contributed by atoms with Crippen molar-refractivity contribution in [2.24, 2.45) is 5.73 Å². The van der Waals surface area contributed by atoms with E-state index in [4.69, 9.17) is 5.73 Å². The normalized spacial score (nSPS) is 13.4. The minimum atomic E-state index is 0.0994. The first-order chi connectivity index (χ1) is 6.74. The average molecular weight is 188 g/mol. The Hall–Kier alpha value is -1.28. The predicted octanol–water partition coefficient (Wildman–Crippen LogP) is 2.68. The van der Waals surface area contributed by atoms with E-state index >= 15 is 0 Å². The molecule has 0 saturated carbocycles. The van der Waals surface area contributed by atoms with E-state index in [9.17, 15) is 0 Å². The van der Waals surface area contributed by atoms with Crippen molar-refractivity contribution < 1.29 is 0 Å². The topological polar surface area (TPSA) is 30.9 Å². The summed E-state index contributed by atoms with van der Waals surface area (Å²) in [6, 6.07) is 10.7. The van der Waals surface area contributed by atoms with Gasteiger partial charge in [-0.25, -0.2) is 0 Å². The summed E-state index contributed by atoms with van der Waals surface area (Å²) in [4.78, 5) is 0. The van der Waals surface area contributed by atoms with Crippen molar-refractivity contribution in [3.8, 4) is 0 Å². The summed E-state index contributed by atoms with van der Waals surface area (Å²) in [7, 11) is 0. The number of aromatic nitrogens is 1. The van der Waals surface area contributed by atoms with Crippen LogP contribution in [0.1, 0.15) is 25.6 Å². The van der Waals surface area contributed by atoms with Crippen molar-refractivity contribution in [2.45, 2.75) is 26.4 Å². The van der Waals surface area contributed by atoms with Crippen LogP contribution in [0.4, 0.5) is 0 Å². The molecule has 0 saturated heterocycles. The highest BCUT2D eigenvalue weighted by molar-refractivity contribution is 5.81. The van der Waals surface area contributed by atoms with Crippen LogP contribution in [0.25, 0.3) is 10.9 Å². The van der Waals surface area contributed by atoms with Gasteiger partial charge in [0.25, 0.3) is 0 Å². The lowest BCUT2D eigenvalue weighted by Gasteiger charge is -2.10. The van der Waals surface area contributed by atoms with Gasteiger partial charge < -0.3 is 10.3 Å². The second-order valence-electron chi connectivity index (χ2n) is 3.66. The molecule has 0 bridgehead atoms. The van der Waals surface area contributed by atoms with Crippen molar-refractivity contribution in [1.29, 1.82) is 0 Å². The number of benzene rings is 1. The molecule has 2 aromatic rings. The van der Waals surface area contributed by atoms with Crippen LogP contribution >= 0.6 is 0 Å². The smallest absolute Gasteiger partial charge is 0.0482 e. The molecular formula is C12H16N2. The van der Waals surface area contributed by atoms with Gasteiger partial charge in [-0.15, -0.1) is 0 Å². The van der Waals surface area contributed by atoms with Crippen molar-refractivity contribution in [2.75, 3.05) is 0 Å². The van der Waals surface area contributed by atoms with Gasteiger partial charge in [0.1, 0.15) is 0 Å². The van der Waals surface area contributed by atoms with Gasteiger partial charge >= 0.3 is 0 Å². The van der Waals surface area contributed by atoms with Crippen LogP contribution in [0.2, 0.25) is 0 Å². The van der Waals surface area contributed by atoms with Gasteiger partial charge in [0.05, 0.1) is 0 Å². The number of hydrogen-bond donors (Lipinski definition) is 1. The lowest BCUT2D eigenvalue weighted by molar-refractivity contribution is 0.674. The minimum Gasteiger partial charge on any atom is -0.343 e. The quantitative estimate of drug-likeness (QED) is 0.771. The van der Waals surface area contributed by atoms with E-state index in [-0.39, 0.29) is 6.04 Å². The minimum absolute atomic E-state index is 0.0994. The molecule has 14 heavy (non-hydrogen) atoms. The SMILES string of the molecule is CCn1c(C(C)N)cc2ccccc21. The maximum absolute atomic E-state index is 5.93. The third-order valence-corrected chi connectivity index (χ3v) is 2.63. The van der Waals surface area contributed by atoms with E-state index in [0.717, 1.165) is 6.54 Å². The maximum atomic E-state index is 5.93. The molecule has 1 aromatic heterocycles. The van der Waals surface area contributed by atoms with Crippen LogP contribution in [0, 0.1) is 0 Å². The zero-order chi connectivity index (χ0) is 10.1. The molecule has 2 heteroatoms. The van der Waals surface area contributed by atoms with Crippen LogP contribution in [0.3, 0.4) is 0 Å². The van der Waals surface area contributed by atoms with Gasteiger partial charge in [0.2, 0.25) is 0 Å². The average Bonchev–Trinajstić information content (AvgIpc) is 2.56. The molecule has 0 aliphatic rings. The van der Waals surface area contributed by atoms with Crippen LogP contribution < -0.4 is 5.73 Å². The lowest BCUT2D eigenvalue weighted by atomic mass is 10.2. The second kappa shape index (κ2) is 3.46. The Morgan fingerprint density at radius 2 is 2.07 bits per heavy atom. The Morgan fingerprint density at radius 1 is 1.36 bits per heavy atom. The fraction of sp³-hybridized carbons (Fsp3) is 0.333. The number of nitrogens with zero attached hydrogens (tertiary/aromatic N) is 1. The van der Waals surface area contributed by atoms with Gasteiger partial charge in [-0.3, -0.25) is 0 Å². The third kappa shape index (κ3) is 1.32. The summed E-state index contributed by atoms with van der Waals surface area (Å²) < 4.78 is 2.28. The number of para-hydroxylation sites is 1. The molecule has 0 fully saturated rings. The Kier molecular flexibility index (Phi) is 2.30. The molecule has 0 radical (unpaired) electrons. The Bertz CT molecular complexity index is 441. The first kappa shape index (κ1) is 9.28. The Balaban J connectivity index is 2.72. The van der Waals surface area contributed by atoms with Crippen molar-refractivity contribution >= 4 is 10.9 Å². The summed E-state index contributed by atoms with van der Waals surface area (Å²) in [6.45, 7) is 5.16. The highest BCUT2D eigenvalue weighted by atomic mass is 15.0. The summed E-state index contributed by atoms with van der Waals surface area (Å²) in [5.74, 6) is 0. The Labute approximate surface area is 84.3 Å². The van der Waals surface area contributed by atoms with Gasteiger partial charge in [-0.2, -0.15) is 0 Å². The van der Waals surface area contributed by atoms with E-state index in [1.54, 1.807) is 0 Å². The number of fused-ring (bicyclic) bond motifs is 1. The monoisotopic (exact) mass is 188 g/mol. The highest BCUT2D eigenvalue weighted by Crippen LogP contribution is 2.22. The molecule has 0 aliphatic carbocycles. The zero-order valence-electron chi connectivity index (χ0n) is 8.70. The van der Waals surface area contributed by atoms with Crippen molar-refractivity contribution in [3.63, 3.8) is 0 Å². The standard InChI is InChI=1S/C12H16N2/c1-3-14-11-7-5-4-6-10(11)8-12(14)9(2)13/h4-9H,3,13H2,1-2H3. The predicted molar refractivity (Wildman–Crippen MR) is 60.2 cm³/mol. The fourth-order valence-corrected chi connectivity index (χ4v) is 1.96. The van der Waals surface area contributed by atoms with E-state index in [0.29, 0.717) is 0 Å². The van der Waals surface area contributed by atoms with Gasteiger partial charge in [-0.05, 0) is 31.4 Å². The van der Waals surface area contributed by atoms with Crippen molar-refractivity contribution in [3.05, 3.63) is 36.0 Å². The summed E-state index contributed by atoms with van der Waals surface area (Å²) in [5.41, 5.74) is 8.43. The molecule has 1 atom stereocenters. The first-order valence-electron chi connectivity index (χ1n) is 5.07. The molecule has 74 valence electrons. The molecule has 2 N–H and O–H groups in total. The van der Waals surface area contributed by atoms with Crippen molar-refractivity contribution in [1.82, 2.24) is 4.57 Å². The number of rotatable bonds is 2. The molecule has 1 aromatic carbocycles. The van der Waals surface area contributed by atoms with Crippen LogP contribution in [0.15, 0.2) is 30.3 Å². The van der Waals surface area contributed by atoms with E-state index < -0.39 is 0 Å². The first-order valence-corrected chi connectivity index (χ1v) is 5.07. The van der Waals surface area contributed by atoms with Gasteiger partial charge in [-0.1, -0.05) is 18.2 Å². The largest absolute Gasteiger partial charge is 0.343 e. The van der Waals surface area contributed by atoms with Crippen LogP contribution in [-0.2, 0) is 6.54 Å². The molecule has 0 spiro atoms. The third-order valence-electron chi connectivity index (χ3n) is 2.63. The molecule has 2 rings (SSSR count).